The molecule has 4 heteroatoms. The second kappa shape index (κ2) is 5.19. The highest BCUT2D eigenvalue weighted by Crippen LogP contribution is 2.57. The Labute approximate surface area is 146 Å². The van der Waals surface area contributed by atoms with Gasteiger partial charge in [-0.25, -0.2) is 0 Å². The summed E-state index contributed by atoms with van der Waals surface area (Å²) < 4.78 is 0. The molecule has 4 atom stereocenters. The summed E-state index contributed by atoms with van der Waals surface area (Å²) in [5.41, 5.74) is 3.75. The van der Waals surface area contributed by atoms with Crippen molar-refractivity contribution in [1.29, 1.82) is 0 Å². The van der Waals surface area contributed by atoms with E-state index in [4.69, 9.17) is 11.6 Å². The number of carbonyl (C=O) groups excluding carboxylic acids is 2. The molecule has 0 bridgehead atoms. The Balaban J connectivity index is 1.60. The van der Waals surface area contributed by atoms with Crippen molar-refractivity contribution in [1.82, 2.24) is 0 Å². The van der Waals surface area contributed by atoms with Crippen molar-refractivity contribution in [3.8, 4) is 0 Å². The van der Waals surface area contributed by atoms with Crippen LogP contribution in [0.1, 0.15) is 38.5 Å². The van der Waals surface area contributed by atoms with Crippen molar-refractivity contribution in [2.24, 2.45) is 23.7 Å². The van der Waals surface area contributed by atoms with Gasteiger partial charge in [0.15, 0.2) is 0 Å². The molecule has 124 valence electrons. The molecule has 3 fully saturated rings. The second-order valence-corrected chi connectivity index (χ2v) is 8.02. The van der Waals surface area contributed by atoms with Gasteiger partial charge in [0.05, 0.1) is 17.5 Å². The van der Waals surface area contributed by atoms with E-state index in [-0.39, 0.29) is 23.7 Å². The van der Waals surface area contributed by atoms with Crippen LogP contribution in [0.3, 0.4) is 0 Å². The van der Waals surface area contributed by atoms with Crippen LogP contribution in [0.15, 0.2) is 35.4 Å². The smallest absolute Gasteiger partial charge is 0.238 e. The third-order valence-corrected chi connectivity index (χ3v) is 6.83. The zero-order chi connectivity index (χ0) is 16.4. The number of fused-ring (bicyclic) bond motifs is 5. The first-order chi connectivity index (χ1) is 11.7. The Morgan fingerprint density at radius 1 is 0.833 bits per heavy atom. The van der Waals surface area contributed by atoms with Crippen LogP contribution in [0.4, 0.5) is 5.69 Å². The first-order valence-corrected chi connectivity index (χ1v) is 9.40. The van der Waals surface area contributed by atoms with Crippen LogP contribution in [-0.4, -0.2) is 11.8 Å². The molecule has 0 radical (unpaired) electrons. The lowest BCUT2D eigenvalue weighted by Gasteiger charge is -2.34. The lowest BCUT2D eigenvalue weighted by molar-refractivity contribution is -0.122. The van der Waals surface area contributed by atoms with Gasteiger partial charge in [-0.3, -0.25) is 14.5 Å². The zero-order valence-corrected chi connectivity index (χ0v) is 14.3. The maximum Gasteiger partial charge on any atom is 0.238 e. The lowest BCUT2D eigenvalue weighted by atomic mass is 9.66. The summed E-state index contributed by atoms with van der Waals surface area (Å²) in [6.07, 6.45) is 6.76. The molecule has 2 saturated carbocycles. The summed E-state index contributed by atoms with van der Waals surface area (Å²) in [6, 6.07) is 7.07. The molecule has 2 amide bonds. The summed E-state index contributed by atoms with van der Waals surface area (Å²) in [5.74, 6) is 0.404. The van der Waals surface area contributed by atoms with Gasteiger partial charge < -0.3 is 0 Å². The highest BCUT2D eigenvalue weighted by atomic mass is 35.5. The quantitative estimate of drug-likeness (QED) is 0.562. The molecule has 1 heterocycles. The summed E-state index contributed by atoms with van der Waals surface area (Å²) in [5, 5.41) is 0.619. The Kier molecular flexibility index (Phi) is 3.18. The number of halogens is 1. The number of imide groups is 1. The molecule has 1 aromatic carbocycles. The third-order valence-electron chi connectivity index (χ3n) is 6.58. The van der Waals surface area contributed by atoms with Crippen LogP contribution >= 0.6 is 11.6 Å². The zero-order valence-electron chi connectivity index (χ0n) is 13.5. The van der Waals surface area contributed by atoms with Crippen LogP contribution in [0.5, 0.6) is 0 Å². The van der Waals surface area contributed by atoms with Crippen molar-refractivity contribution in [3.05, 3.63) is 40.4 Å². The minimum absolute atomic E-state index is 0.0164. The second-order valence-electron chi connectivity index (χ2n) is 7.59. The van der Waals surface area contributed by atoms with Crippen molar-refractivity contribution in [3.63, 3.8) is 0 Å². The highest BCUT2D eigenvalue weighted by Gasteiger charge is 2.59. The average Bonchev–Trinajstić information content (AvgIpc) is 3.27. The van der Waals surface area contributed by atoms with Gasteiger partial charge in [-0.1, -0.05) is 22.7 Å². The molecular formula is C20H20ClNO2. The molecule has 24 heavy (non-hydrogen) atoms. The van der Waals surface area contributed by atoms with Gasteiger partial charge >= 0.3 is 0 Å². The van der Waals surface area contributed by atoms with Crippen LogP contribution in [0.25, 0.3) is 0 Å². The Bertz CT molecular complexity index is 724. The molecule has 5 rings (SSSR count). The number of benzene rings is 1. The van der Waals surface area contributed by atoms with E-state index in [9.17, 15) is 9.59 Å². The van der Waals surface area contributed by atoms with Gasteiger partial charge in [0.1, 0.15) is 0 Å². The van der Waals surface area contributed by atoms with Gasteiger partial charge in [0.25, 0.3) is 0 Å². The number of amides is 2. The third kappa shape index (κ3) is 1.85. The normalized spacial score (nSPS) is 34.6. The largest absolute Gasteiger partial charge is 0.274 e. The van der Waals surface area contributed by atoms with E-state index in [0.717, 1.165) is 25.7 Å². The van der Waals surface area contributed by atoms with E-state index >= 15 is 0 Å². The first kappa shape index (κ1) is 14.7. The number of allylic oxidation sites excluding steroid dienone is 2. The van der Waals surface area contributed by atoms with E-state index < -0.39 is 0 Å². The molecular weight excluding hydrogens is 322 g/mol. The van der Waals surface area contributed by atoms with Crippen molar-refractivity contribution in [2.75, 3.05) is 4.90 Å². The predicted molar refractivity (Wildman–Crippen MR) is 92.6 cm³/mol. The van der Waals surface area contributed by atoms with E-state index in [2.05, 4.69) is 0 Å². The fourth-order valence-corrected chi connectivity index (χ4v) is 5.86. The molecule has 4 aliphatic rings. The SMILES string of the molecule is O=C1[C@H]2[C@H](C(=O)N1c1ccc(Cl)cc1)[C@@H]1CCCC1=C1CCC[C@H]12. The summed E-state index contributed by atoms with van der Waals surface area (Å²) in [6.45, 7) is 0. The van der Waals surface area contributed by atoms with Crippen LogP contribution in [0.2, 0.25) is 5.02 Å². The molecule has 0 spiro atoms. The van der Waals surface area contributed by atoms with Gasteiger partial charge in [-0.15, -0.1) is 0 Å². The van der Waals surface area contributed by atoms with Gasteiger partial charge in [-0.05, 0) is 74.6 Å². The first-order valence-electron chi connectivity index (χ1n) is 9.02. The van der Waals surface area contributed by atoms with Gasteiger partial charge in [-0.2, -0.15) is 0 Å². The van der Waals surface area contributed by atoms with Gasteiger partial charge in [0.2, 0.25) is 11.8 Å². The average molecular weight is 342 g/mol. The Morgan fingerprint density at radius 2 is 1.33 bits per heavy atom. The van der Waals surface area contributed by atoms with Crippen molar-refractivity contribution < 1.29 is 9.59 Å². The molecule has 1 aliphatic heterocycles. The van der Waals surface area contributed by atoms with Crippen LogP contribution in [0, 0.1) is 23.7 Å². The Hall–Kier alpha value is -1.61. The van der Waals surface area contributed by atoms with Crippen molar-refractivity contribution in [2.45, 2.75) is 38.5 Å². The number of anilines is 1. The summed E-state index contributed by atoms with van der Waals surface area (Å²) in [4.78, 5) is 27.9. The van der Waals surface area contributed by atoms with Crippen LogP contribution < -0.4 is 4.90 Å². The molecule has 0 unspecified atom stereocenters. The molecule has 1 aromatic rings. The molecule has 0 N–H and O–H groups in total. The monoisotopic (exact) mass is 341 g/mol. The van der Waals surface area contributed by atoms with Gasteiger partial charge in [0, 0.05) is 5.02 Å². The highest BCUT2D eigenvalue weighted by molar-refractivity contribution is 6.30. The number of rotatable bonds is 1. The molecule has 0 aromatic heterocycles. The maximum atomic E-state index is 13.2. The topological polar surface area (TPSA) is 37.4 Å². The molecule has 1 saturated heterocycles. The minimum atomic E-state index is -0.127. The number of carbonyl (C=O) groups is 2. The number of hydrogen-bond acceptors (Lipinski definition) is 2. The fraction of sp³-hybridized carbons (Fsp3) is 0.500. The lowest BCUT2D eigenvalue weighted by Crippen LogP contribution is -2.35. The molecule has 3 nitrogen and oxygen atoms in total. The van der Waals surface area contributed by atoms with E-state index in [1.165, 1.54) is 28.9 Å². The summed E-state index contributed by atoms with van der Waals surface area (Å²) in [7, 11) is 0. The molecule has 3 aliphatic carbocycles. The maximum absolute atomic E-state index is 13.2. The van der Waals surface area contributed by atoms with E-state index in [1.54, 1.807) is 24.3 Å². The summed E-state index contributed by atoms with van der Waals surface area (Å²) >= 11 is 5.96. The minimum Gasteiger partial charge on any atom is -0.274 e. The number of nitrogens with zero attached hydrogens (tertiary/aromatic N) is 1. The van der Waals surface area contributed by atoms with Crippen LogP contribution in [-0.2, 0) is 9.59 Å². The van der Waals surface area contributed by atoms with Crippen molar-refractivity contribution >= 4 is 29.1 Å². The standard InChI is InChI=1S/C20H20ClNO2/c21-11-7-9-12(10-8-11)22-19(23)17-15-5-1-3-13(15)14-4-2-6-16(14)18(17)20(22)24/h7-10,15-18H,1-6H2/t15-,16-,17-,18-/m1/s1. The fourth-order valence-electron chi connectivity index (χ4n) is 5.74. The van der Waals surface area contributed by atoms with E-state index in [1.807, 2.05) is 0 Å². The van der Waals surface area contributed by atoms with E-state index in [0.29, 0.717) is 22.5 Å². The Morgan fingerprint density at radius 3 is 1.83 bits per heavy atom. The number of hydrogen-bond donors (Lipinski definition) is 0. The predicted octanol–water partition coefficient (Wildman–Crippen LogP) is 4.36.